The highest BCUT2D eigenvalue weighted by Gasteiger charge is 2.36. The number of imide groups is 1. The molecule has 2 heterocycles. The number of rotatable bonds is 3. The van der Waals surface area contributed by atoms with Crippen LogP contribution in [0.2, 0.25) is 0 Å². The van der Waals surface area contributed by atoms with Crippen molar-refractivity contribution in [2.45, 2.75) is 19.9 Å². The largest absolute Gasteiger partial charge is 0.493 e. The molecule has 3 rings (SSSR count). The SMILES string of the molecule is COc1cc(/C=C2/SC(=O)N(C(C)C)C2=O)cc2c1OCO2. The first-order chi connectivity index (χ1) is 10.5. The molecular formula is C15H15NO5S. The highest BCUT2D eigenvalue weighted by molar-refractivity contribution is 8.18. The van der Waals surface area contributed by atoms with Gasteiger partial charge in [-0.25, -0.2) is 0 Å². The molecule has 0 unspecified atom stereocenters. The maximum absolute atomic E-state index is 12.3. The first kappa shape index (κ1) is 14.8. The number of thioether (sulfide) groups is 1. The summed E-state index contributed by atoms with van der Waals surface area (Å²) < 4.78 is 15.9. The molecule has 7 heteroatoms. The molecule has 1 saturated heterocycles. The van der Waals surface area contributed by atoms with Crippen molar-refractivity contribution in [3.63, 3.8) is 0 Å². The maximum atomic E-state index is 12.3. The molecular weight excluding hydrogens is 306 g/mol. The first-order valence-electron chi connectivity index (χ1n) is 6.76. The summed E-state index contributed by atoms with van der Waals surface area (Å²) >= 11 is 0.937. The van der Waals surface area contributed by atoms with Gasteiger partial charge in [0, 0.05) is 6.04 Å². The van der Waals surface area contributed by atoms with Crippen molar-refractivity contribution in [1.82, 2.24) is 4.90 Å². The van der Waals surface area contributed by atoms with Crippen molar-refractivity contribution in [1.29, 1.82) is 0 Å². The van der Waals surface area contributed by atoms with E-state index >= 15 is 0 Å². The van der Waals surface area contributed by atoms with Gasteiger partial charge in [0.05, 0.1) is 12.0 Å². The highest BCUT2D eigenvalue weighted by Crippen LogP contribution is 2.43. The second-order valence-corrected chi connectivity index (χ2v) is 6.10. The topological polar surface area (TPSA) is 65.1 Å². The van der Waals surface area contributed by atoms with Gasteiger partial charge in [-0.05, 0) is 49.4 Å². The number of amides is 2. The molecule has 1 aromatic carbocycles. The Labute approximate surface area is 132 Å². The fourth-order valence-electron chi connectivity index (χ4n) is 2.31. The molecule has 116 valence electrons. The van der Waals surface area contributed by atoms with Crippen LogP contribution >= 0.6 is 11.8 Å². The zero-order chi connectivity index (χ0) is 15.9. The number of ether oxygens (including phenoxy) is 3. The van der Waals surface area contributed by atoms with E-state index in [2.05, 4.69) is 0 Å². The van der Waals surface area contributed by atoms with Crippen LogP contribution in [0.4, 0.5) is 4.79 Å². The quantitative estimate of drug-likeness (QED) is 0.798. The summed E-state index contributed by atoms with van der Waals surface area (Å²) in [6.45, 7) is 3.75. The molecule has 0 spiro atoms. The summed E-state index contributed by atoms with van der Waals surface area (Å²) in [6.07, 6.45) is 1.66. The standard InChI is InChI=1S/C15H15NO5S/c1-8(2)16-14(17)12(22-15(16)18)6-9-4-10(19-3)13-11(5-9)20-7-21-13/h4-6,8H,7H2,1-3H3/b12-6+. The molecule has 2 aliphatic rings. The number of carbonyl (C=O) groups is 2. The fraction of sp³-hybridized carbons (Fsp3) is 0.333. The van der Waals surface area contributed by atoms with E-state index in [4.69, 9.17) is 14.2 Å². The average Bonchev–Trinajstić information content (AvgIpc) is 3.03. The third kappa shape index (κ3) is 2.41. The van der Waals surface area contributed by atoms with Crippen LogP contribution in [-0.2, 0) is 4.79 Å². The van der Waals surface area contributed by atoms with E-state index in [1.54, 1.807) is 18.2 Å². The summed E-state index contributed by atoms with van der Waals surface area (Å²) in [7, 11) is 1.54. The van der Waals surface area contributed by atoms with E-state index in [9.17, 15) is 9.59 Å². The third-order valence-electron chi connectivity index (χ3n) is 3.32. The predicted octanol–water partition coefficient (Wildman–Crippen LogP) is 2.87. The van der Waals surface area contributed by atoms with Gasteiger partial charge >= 0.3 is 0 Å². The second-order valence-electron chi connectivity index (χ2n) is 5.10. The zero-order valence-corrected chi connectivity index (χ0v) is 13.2. The van der Waals surface area contributed by atoms with Crippen molar-refractivity contribution in [2.75, 3.05) is 13.9 Å². The molecule has 0 atom stereocenters. The lowest BCUT2D eigenvalue weighted by molar-refractivity contribution is -0.123. The molecule has 0 saturated carbocycles. The lowest BCUT2D eigenvalue weighted by atomic mass is 10.1. The van der Waals surface area contributed by atoms with Crippen molar-refractivity contribution >= 4 is 29.0 Å². The van der Waals surface area contributed by atoms with Crippen molar-refractivity contribution in [3.8, 4) is 17.2 Å². The Bertz CT molecular complexity index is 683. The van der Waals surface area contributed by atoms with Crippen LogP contribution in [-0.4, -0.2) is 36.0 Å². The zero-order valence-electron chi connectivity index (χ0n) is 12.4. The highest BCUT2D eigenvalue weighted by atomic mass is 32.2. The Morgan fingerprint density at radius 1 is 1.32 bits per heavy atom. The maximum Gasteiger partial charge on any atom is 0.293 e. The van der Waals surface area contributed by atoms with Crippen LogP contribution in [0.1, 0.15) is 19.4 Å². The average molecular weight is 321 g/mol. The Balaban J connectivity index is 1.96. The molecule has 0 aliphatic carbocycles. The number of methoxy groups -OCH3 is 1. The van der Waals surface area contributed by atoms with E-state index in [-0.39, 0.29) is 24.0 Å². The van der Waals surface area contributed by atoms with E-state index in [1.165, 1.54) is 12.0 Å². The molecule has 22 heavy (non-hydrogen) atoms. The summed E-state index contributed by atoms with van der Waals surface area (Å²) in [5.41, 5.74) is 0.718. The van der Waals surface area contributed by atoms with Crippen LogP contribution in [0, 0.1) is 0 Å². The minimum atomic E-state index is -0.276. The predicted molar refractivity (Wildman–Crippen MR) is 82.1 cm³/mol. The number of fused-ring (bicyclic) bond motifs is 1. The van der Waals surface area contributed by atoms with Gasteiger partial charge in [0.2, 0.25) is 12.5 Å². The Morgan fingerprint density at radius 2 is 2.09 bits per heavy atom. The van der Waals surface area contributed by atoms with Gasteiger partial charge in [-0.15, -0.1) is 0 Å². The lowest BCUT2D eigenvalue weighted by Crippen LogP contribution is -2.34. The summed E-state index contributed by atoms with van der Waals surface area (Å²) in [4.78, 5) is 25.8. The molecule has 0 N–H and O–H groups in total. The van der Waals surface area contributed by atoms with Gasteiger partial charge in [-0.2, -0.15) is 0 Å². The third-order valence-corrected chi connectivity index (χ3v) is 4.20. The second kappa shape index (κ2) is 5.57. The number of hydrogen-bond donors (Lipinski definition) is 0. The van der Waals surface area contributed by atoms with Crippen LogP contribution in [0.25, 0.3) is 6.08 Å². The van der Waals surface area contributed by atoms with Crippen LogP contribution in [0.3, 0.4) is 0 Å². The molecule has 6 nitrogen and oxygen atoms in total. The molecule has 1 fully saturated rings. The number of nitrogens with zero attached hydrogens (tertiary/aromatic N) is 1. The van der Waals surface area contributed by atoms with E-state index < -0.39 is 0 Å². The Kier molecular flexibility index (Phi) is 3.74. The van der Waals surface area contributed by atoms with Crippen LogP contribution in [0.5, 0.6) is 17.2 Å². The number of hydrogen-bond acceptors (Lipinski definition) is 6. The molecule has 1 aromatic rings. The molecule has 2 aliphatic heterocycles. The summed E-state index contributed by atoms with van der Waals surface area (Å²) in [5, 5.41) is -0.251. The lowest BCUT2D eigenvalue weighted by Gasteiger charge is -2.16. The molecule has 0 radical (unpaired) electrons. The minimum absolute atomic E-state index is 0.138. The van der Waals surface area contributed by atoms with Gasteiger partial charge < -0.3 is 14.2 Å². The van der Waals surface area contributed by atoms with E-state index in [0.717, 1.165) is 17.3 Å². The van der Waals surface area contributed by atoms with Gasteiger partial charge in [0.1, 0.15) is 0 Å². The Hall–Kier alpha value is -2.15. The van der Waals surface area contributed by atoms with E-state index in [0.29, 0.717) is 22.2 Å². The van der Waals surface area contributed by atoms with Crippen LogP contribution < -0.4 is 14.2 Å². The summed E-state index contributed by atoms with van der Waals surface area (Å²) in [6, 6.07) is 3.34. The minimum Gasteiger partial charge on any atom is -0.493 e. The number of benzene rings is 1. The smallest absolute Gasteiger partial charge is 0.293 e. The fourth-order valence-corrected chi connectivity index (χ4v) is 3.27. The molecule has 0 bridgehead atoms. The monoisotopic (exact) mass is 321 g/mol. The normalized spacial score (nSPS) is 18.7. The summed E-state index contributed by atoms with van der Waals surface area (Å²) in [5.74, 6) is 1.37. The van der Waals surface area contributed by atoms with Gasteiger partial charge in [0.25, 0.3) is 11.1 Å². The van der Waals surface area contributed by atoms with Crippen molar-refractivity contribution < 1.29 is 23.8 Å². The molecule has 0 aromatic heterocycles. The van der Waals surface area contributed by atoms with E-state index in [1.807, 2.05) is 13.8 Å². The molecule has 2 amide bonds. The Morgan fingerprint density at radius 3 is 2.73 bits per heavy atom. The van der Waals surface area contributed by atoms with Gasteiger partial charge in [-0.1, -0.05) is 0 Å². The van der Waals surface area contributed by atoms with Crippen LogP contribution in [0.15, 0.2) is 17.0 Å². The van der Waals surface area contributed by atoms with Crippen molar-refractivity contribution in [2.24, 2.45) is 0 Å². The van der Waals surface area contributed by atoms with Gasteiger partial charge in [0.15, 0.2) is 11.5 Å². The van der Waals surface area contributed by atoms with Gasteiger partial charge in [-0.3, -0.25) is 14.5 Å². The first-order valence-corrected chi connectivity index (χ1v) is 7.57. The number of carbonyl (C=O) groups excluding carboxylic acids is 2. The van der Waals surface area contributed by atoms with Crippen molar-refractivity contribution in [3.05, 3.63) is 22.6 Å².